The van der Waals surface area contributed by atoms with E-state index in [0.29, 0.717) is 19.5 Å². The monoisotopic (exact) mass is 248 g/mol. The van der Waals surface area contributed by atoms with Gasteiger partial charge in [-0.3, -0.25) is 4.79 Å². The van der Waals surface area contributed by atoms with Crippen LogP contribution in [-0.2, 0) is 14.6 Å². The van der Waals surface area contributed by atoms with Gasteiger partial charge in [-0.25, -0.2) is 8.42 Å². The summed E-state index contributed by atoms with van der Waals surface area (Å²) in [5, 5.41) is 2.78. The van der Waals surface area contributed by atoms with Crippen molar-refractivity contribution >= 4 is 15.7 Å². The third kappa shape index (κ3) is 4.49. The van der Waals surface area contributed by atoms with Crippen LogP contribution in [0.4, 0.5) is 0 Å². The van der Waals surface area contributed by atoms with Gasteiger partial charge in [0.15, 0.2) is 9.84 Å². The van der Waals surface area contributed by atoms with Gasteiger partial charge >= 0.3 is 0 Å². The van der Waals surface area contributed by atoms with Crippen molar-refractivity contribution in [1.82, 2.24) is 5.32 Å². The molecule has 0 saturated carbocycles. The number of sulfone groups is 1. The number of carbonyl (C=O) groups excluding carboxylic acids is 1. The second-order valence-electron chi connectivity index (χ2n) is 4.24. The lowest BCUT2D eigenvalue weighted by Crippen LogP contribution is -2.32. The van der Waals surface area contributed by atoms with E-state index in [0.717, 1.165) is 19.3 Å². The van der Waals surface area contributed by atoms with E-state index in [1.165, 1.54) is 0 Å². The maximum atomic E-state index is 11.6. The van der Waals surface area contributed by atoms with Crippen LogP contribution >= 0.6 is 0 Å². The highest BCUT2D eigenvalue weighted by Crippen LogP contribution is 2.18. The minimum atomic E-state index is -2.96. The highest BCUT2D eigenvalue weighted by molar-refractivity contribution is 7.91. The van der Waals surface area contributed by atoms with Gasteiger partial charge < -0.3 is 11.1 Å². The van der Waals surface area contributed by atoms with Crippen molar-refractivity contribution in [1.29, 1.82) is 0 Å². The van der Waals surface area contributed by atoms with Gasteiger partial charge in [-0.05, 0) is 25.8 Å². The van der Waals surface area contributed by atoms with Gasteiger partial charge in [-0.2, -0.15) is 0 Å². The summed E-state index contributed by atoms with van der Waals surface area (Å²) in [5.74, 6) is -0.284. The highest BCUT2D eigenvalue weighted by atomic mass is 32.2. The van der Waals surface area contributed by atoms with Gasteiger partial charge in [-0.1, -0.05) is 6.42 Å². The molecule has 16 heavy (non-hydrogen) atoms. The lowest BCUT2D eigenvalue weighted by molar-refractivity contribution is -0.124. The molecular formula is C10H20N2O3S. The Morgan fingerprint density at radius 2 is 2.06 bits per heavy atom. The fourth-order valence-corrected chi connectivity index (χ4v) is 3.55. The van der Waals surface area contributed by atoms with Crippen LogP contribution in [0.15, 0.2) is 0 Å². The molecule has 0 bridgehead atoms. The summed E-state index contributed by atoms with van der Waals surface area (Å²) < 4.78 is 22.3. The zero-order valence-corrected chi connectivity index (χ0v) is 10.3. The van der Waals surface area contributed by atoms with Gasteiger partial charge in [-0.15, -0.1) is 0 Å². The van der Waals surface area contributed by atoms with Crippen molar-refractivity contribution in [2.75, 3.05) is 24.6 Å². The maximum Gasteiger partial charge on any atom is 0.224 e. The molecule has 0 aliphatic carbocycles. The molecule has 1 fully saturated rings. The molecule has 0 radical (unpaired) electrons. The Morgan fingerprint density at radius 1 is 1.31 bits per heavy atom. The van der Waals surface area contributed by atoms with Crippen molar-refractivity contribution in [3.05, 3.63) is 0 Å². The summed E-state index contributed by atoms with van der Waals surface area (Å²) in [4.78, 5) is 11.6. The number of carbonyl (C=O) groups is 1. The SMILES string of the molecule is NCCCCCNC(=O)C1CCS(=O)(=O)C1. The Labute approximate surface area is 96.7 Å². The van der Waals surface area contributed by atoms with Gasteiger partial charge in [0.1, 0.15) is 0 Å². The standard InChI is InChI=1S/C10H20N2O3S/c11-5-2-1-3-6-12-10(13)9-4-7-16(14,15)8-9/h9H,1-8,11H2,(H,12,13). The van der Waals surface area contributed by atoms with Gasteiger partial charge in [0.05, 0.1) is 17.4 Å². The molecule has 5 nitrogen and oxygen atoms in total. The van der Waals surface area contributed by atoms with Crippen LogP contribution in [0.1, 0.15) is 25.7 Å². The van der Waals surface area contributed by atoms with Crippen molar-refractivity contribution in [2.24, 2.45) is 11.7 Å². The average molecular weight is 248 g/mol. The molecule has 94 valence electrons. The lowest BCUT2D eigenvalue weighted by atomic mass is 10.1. The first-order valence-electron chi connectivity index (χ1n) is 5.73. The van der Waals surface area contributed by atoms with E-state index < -0.39 is 9.84 Å². The average Bonchev–Trinajstić information content (AvgIpc) is 2.58. The lowest BCUT2D eigenvalue weighted by Gasteiger charge is -2.08. The molecule has 6 heteroatoms. The summed E-state index contributed by atoms with van der Waals surface area (Å²) in [5.41, 5.74) is 5.35. The van der Waals surface area contributed by atoms with Crippen molar-refractivity contribution < 1.29 is 13.2 Å². The van der Waals surface area contributed by atoms with Crippen LogP contribution in [0.5, 0.6) is 0 Å². The molecule has 1 saturated heterocycles. The molecule has 1 unspecified atom stereocenters. The fraction of sp³-hybridized carbons (Fsp3) is 0.900. The van der Waals surface area contributed by atoms with Crippen LogP contribution in [0.3, 0.4) is 0 Å². The largest absolute Gasteiger partial charge is 0.356 e. The van der Waals surface area contributed by atoms with Crippen LogP contribution < -0.4 is 11.1 Å². The summed E-state index contributed by atoms with van der Waals surface area (Å²) in [6.07, 6.45) is 3.34. The molecule has 0 spiro atoms. The topological polar surface area (TPSA) is 89.3 Å². The molecule has 0 aromatic heterocycles. The molecular weight excluding hydrogens is 228 g/mol. The molecule has 0 aromatic rings. The van der Waals surface area contributed by atoms with E-state index in [2.05, 4.69) is 5.32 Å². The van der Waals surface area contributed by atoms with Crippen LogP contribution in [0.2, 0.25) is 0 Å². The molecule has 1 atom stereocenters. The van der Waals surface area contributed by atoms with Gasteiger partial charge in [0.2, 0.25) is 5.91 Å². The molecule has 1 heterocycles. The predicted octanol–water partition coefficient (Wildman–Crippen LogP) is -0.334. The first-order valence-corrected chi connectivity index (χ1v) is 7.55. The van der Waals surface area contributed by atoms with E-state index in [-0.39, 0.29) is 23.3 Å². The van der Waals surface area contributed by atoms with Crippen molar-refractivity contribution in [3.8, 4) is 0 Å². The molecule has 1 aliphatic rings. The Balaban J connectivity index is 2.16. The maximum absolute atomic E-state index is 11.6. The molecule has 1 rings (SSSR count). The summed E-state index contributed by atoms with van der Waals surface area (Å²) in [7, 11) is -2.96. The molecule has 3 N–H and O–H groups in total. The first kappa shape index (κ1) is 13.4. The predicted molar refractivity (Wildman–Crippen MR) is 62.7 cm³/mol. The van der Waals surface area contributed by atoms with Crippen molar-refractivity contribution in [2.45, 2.75) is 25.7 Å². The fourth-order valence-electron chi connectivity index (χ4n) is 1.80. The normalized spacial score (nSPS) is 23.2. The van der Waals surface area contributed by atoms with Crippen LogP contribution in [0, 0.1) is 5.92 Å². The van der Waals surface area contributed by atoms with Gasteiger partial charge in [0, 0.05) is 6.54 Å². The summed E-state index contributed by atoms with van der Waals surface area (Å²) >= 11 is 0. The minimum Gasteiger partial charge on any atom is -0.356 e. The third-order valence-electron chi connectivity index (χ3n) is 2.78. The van der Waals surface area contributed by atoms with E-state index in [1.807, 2.05) is 0 Å². The number of hydrogen-bond acceptors (Lipinski definition) is 4. The van der Waals surface area contributed by atoms with E-state index in [9.17, 15) is 13.2 Å². The zero-order chi connectivity index (χ0) is 12.0. The minimum absolute atomic E-state index is 0.0155. The summed E-state index contributed by atoms with van der Waals surface area (Å²) in [6, 6.07) is 0. The Morgan fingerprint density at radius 3 is 2.62 bits per heavy atom. The van der Waals surface area contributed by atoms with Gasteiger partial charge in [0.25, 0.3) is 0 Å². The molecule has 1 aliphatic heterocycles. The zero-order valence-electron chi connectivity index (χ0n) is 9.44. The number of unbranched alkanes of at least 4 members (excludes halogenated alkanes) is 2. The molecule has 1 amide bonds. The second-order valence-corrected chi connectivity index (χ2v) is 6.47. The quantitative estimate of drug-likeness (QED) is 0.630. The Hall–Kier alpha value is -0.620. The highest BCUT2D eigenvalue weighted by Gasteiger charge is 2.32. The summed E-state index contributed by atoms with van der Waals surface area (Å²) in [6.45, 7) is 1.30. The number of rotatable bonds is 6. The number of hydrogen-bond donors (Lipinski definition) is 2. The first-order chi connectivity index (χ1) is 7.55. The number of nitrogens with two attached hydrogens (primary N) is 1. The Kier molecular flexibility index (Phi) is 5.21. The van der Waals surface area contributed by atoms with Crippen LogP contribution in [0.25, 0.3) is 0 Å². The van der Waals surface area contributed by atoms with Crippen molar-refractivity contribution in [3.63, 3.8) is 0 Å². The Bertz CT molecular complexity index is 327. The third-order valence-corrected chi connectivity index (χ3v) is 4.55. The number of amides is 1. The molecule has 0 aromatic carbocycles. The number of nitrogens with one attached hydrogen (secondary N) is 1. The van der Waals surface area contributed by atoms with E-state index >= 15 is 0 Å². The van der Waals surface area contributed by atoms with Crippen LogP contribution in [-0.4, -0.2) is 38.9 Å². The smallest absolute Gasteiger partial charge is 0.224 e. The second kappa shape index (κ2) is 6.20. The van der Waals surface area contributed by atoms with E-state index in [1.54, 1.807) is 0 Å². The van der Waals surface area contributed by atoms with E-state index in [4.69, 9.17) is 5.73 Å².